The van der Waals surface area contributed by atoms with E-state index in [1.54, 1.807) is 24.1 Å². The van der Waals surface area contributed by atoms with Crippen LogP contribution in [0.15, 0.2) is 40.2 Å². The van der Waals surface area contributed by atoms with Crippen LogP contribution in [-0.4, -0.2) is 31.2 Å². The summed E-state index contributed by atoms with van der Waals surface area (Å²) in [6.45, 7) is 4.53. The van der Waals surface area contributed by atoms with Gasteiger partial charge in [0.1, 0.15) is 17.1 Å². The number of ether oxygens (including phenoxy) is 1. The van der Waals surface area contributed by atoms with Gasteiger partial charge in [-0.05, 0) is 35.1 Å². The Bertz CT molecular complexity index is 1340. The highest BCUT2D eigenvalue weighted by Crippen LogP contribution is 2.24. The largest absolute Gasteiger partial charge is 0.497 e. The topological polar surface area (TPSA) is 94.8 Å². The summed E-state index contributed by atoms with van der Waals surface area (Å²) in [6.07, 6.45) is 4.03. The van der Waals surface area contributed by atoms with Crippen LogP contribution in [0.5, 0.6) is 5.75 Å². The maximum absolute atomic E-state index is 12.6. The Hall–Kier alpha value is -3.13. The third-order valence-electron chi connectivity index (χ3n) is 4.98. The summed E-state index contributed by atoms with van der Waals surface area (Å²) in [5, 5.41) is 2.00. The van der Waals surface area contributed by atoms with Gasteiger partial charge in [-0.25, -0.2) is 9.78 Å². The van der Waals surface area contributed by atoms with E-state index in [1.165, 1.54) is 7.05 Å². The molecule has 4 rings (SSSR count). The Labute approximate surface area is 179 Å². The molecule has 0 spiro atoms. The van der Waals surface area contributed by atoms with E-state index < -0.39 is 0 Å². The van der Waals surface area contributed by atoms with E-state index >= 15 is 0 Å². The summed E-state index contributed by atoms with van der Waals surface area (Å²) in [4.78, 5) is 37.2. The summed E-state index contributed by atoms with van der Waals surface area (Å²) in [7, 11) is 3.12. The number of H-pyrrole nitrogens is 1. The predicted octanol–water partition coefficient (Wildman–Crippen LogP) is 2.65. The number of fused-ring (bicyclic) bond motifs is 2. The fourth-order valence-electron chi connectivity index (χ4n) is 3.55. The molecule has 4 aromatic rings. The number of imidazole rings is 1. The van der Waals surface area contributed by atoms with E-state index in [0.29, 0.717) is 30.0 Å². The fraction of sp³-hybridized carbons (Fsp3) is 0.333. The van der Waals surface area contributed by atoms with Crippen LogP contribution < -0.4 is 16.0 Å². The van der Waals surface area contributed by atoms with E-state index in [1.807, 2.05) is 32.0 Å². The Kier molecular flexibility index (Phi) is 5.98. The second-order valence-corrected chi connectivity index (χ2v) is 7.60. The summed E-state index contributed by atoms with van der Waals surface area (Å²) in [6, 6.07) is 5.81. The number of aromatic amines is 1. The lowest BCUT2D eigenvalue weighted by Crippen LogP contribution is -2.38. The molecule has 0 aliphatic carbocycles. The Morgan fingerprint density at radius 3 is 2.67 bits per heavy atom. The Balaban J connectivity index is 0.00000256. The molecule has 3 aromatic heterocycles. The number of benzene rings is 1. The van der Waals surface area contributed by atoms with Gasteiger partial charge in [0.2, 0.25) is 0 Å². The van der Waals surface area contributed by atoms with Crippen LogP contribution in [0.2, 0.25) is 0 Å². The molecule has 0 amide bonds. The first kappa shape index (κ1) is 21.6. The number of nitrogens with one attached hydrogen (secondary N) is 1. The van der Waals surface area contributed by atoms with Crippen LogP contribution in [0.3, 0.4) is 0 Å². The standard InChI is InChI=1S/C21H23N5O3.ClH/c1-12(2)11-26-19-18(20(27)25(3)21(26)28)23-17(24-19)7-14-10-22-9-13-5-6-15(29-4)8-16(13)14;/h5-6,8-10,12H,7,11H2,1-4H3,(H,23,24);1H. The lowest BCUT2D eigenvalue weighted by Gasteiger charge is -2.10. The van der Waals surface area contributed by atoms with Gasteiger partial charge in [-0.1, -0.05) is 13.8 Å². The van der Waals surface area contributed by atoms with Gasteiger partial charge < -0.3 is 9.72 Å². The van der Waals surface area contributed by atoms with Crippen LogP contribution in [0.25, 0.3) is 21.9 Å². The molecule has 8 nitrogen and oxygen atoms in total. The average Bonchev–Trinajstić information content (AvgIpc) is 3.13. The molecule has 0 aliphatic rings. The van der Waals surface area contributed by atoms with Gasteiger partial charge >= 0.3 is 5.69 Å². The molecule has 0 saturated carbocycles. The molecule has 0 atom stereocenters. The normalized spacial score (nSPS) is 11.2. The first-order valence-corrected chi connectivity index (χ1v) is 9.48. The van der Waals surface area contributed by atoms with Gasteiger partial charge in [0.05, 0.1) is 7.11 Å². The summed E-state index contributed by atoms with van der Waals surface area (Å²) < 4.78 is 8.03. The molecule has 0 saturated heterocycles. The highest BCUT2D eigenvalue weighted by Gasteiger charge is 2.17. The quantitative estimate of drug-likeness (QED) is 0.526. The Morgan fingerprint density at radius 2 is 1.97 bits per heavy atom. The van der Waals surface area contributed by atoms with Crippen LogP contribution in [0, 0.1) is 5.92 Å². The number of nitrogens with zero attached hydrogens (tertiary/aromatic N) is 4. The van der Waals surface area contributed by atoms with E-state index in [9.17, 15) is 9.59 Å². The Morgan fingerprint density at radius 1 is 1.20 bits per heavy atom. The number of hydrogen-bond donors (Lipinski definition) is 1. The van der Waals surface area contributed by atoms with Crippen molar-refractivity contribution in [3.63, 3.8) is 0 Å². The van der Waals surface area contributed by atoms with Crippen LogP contribution in [0.4, 0.5) is 0 Å². The van der Waals surface area contributed by atoms with Gasteiger partial charge in [0, 0.05) is 37.8 Å². The second kappa shape index (κ2) is 8.31. The smallest absolute Gasteiger partial charge is 0.332 e. The molecular weight excluding hydrogens is 406 g/mol. The number of pyridine rings is 1. The SMILES string of the molecule is COc1ccc2cncc(Cc3nc4c([nH]3)c(=O)n(C)c(=O)n4CC(C)C)c2c1.Cl. The van der Waals surface area contributed by atoms with Crippen LogP contribution >= 0.6 is 12.4 Å². The van der Waals surface area contributed by atoms with E-state index in [2.05, 4.69) is 15.0 Å². The van der Waals surface area contributed by atoms with Crippen molar-refractivity contribution in [3.05, 3.63) is 62.8 Å². The van der Waals surface area contributed by atoms with Crippen molar-refractivity contribution in [1.82, 2.24) is 24.1 Å². The van der Waals surface area contributed by atoms with Crippen molar-refractivity contribution in [2.24, 2.45) is 13.0 Å². The predicted molar refractivity (Wildman–Crippen MR) is 119 cm³/mol. The molecule has 0 radical (unpaired) electrons. The summed E-state index contributed by atoms with van der Waals surface area (Å²) in [5.41, 5.74) is 0.962. The molecule has 0 unspecified atom stereocenters. The minimum atomic E-state index is -0.374. The third-order valence-corrected chi connectivity index (χ3v) is 4.98. The van der Waals surface area contributed by atoms with Gasteiger partial charge in [0.25, 0.3) is 5.56 Å². The van der Waals surface area contributed by atoms with Gasteiger partial charge in [0.15, 0.2) is 5.65 Å². The minimum Gasteiger partial charge on any atom is -0.497 e. The number of methoxy groups -OCH3 is 1. The molecule has 3 heterocycles. The molecule has 1 aromatic carbocycles. The van der Waals surface area contributed by atoms with Crippen molar-refractivity contribution in [2.75, 3.05) is 7.11 Å². The molecular formula is C21H24ClN5O3. The zero-order chi connectivity index (χ0) is 20.7. The first-order valence-electron chi connectivity index (χ1n) is 9.48. The van der Waals surface area contributed by atoms with Crippen molar-refractivity contribution in [2.45, 2.75) is 26.8 Å². The van der Waals surface area contributed by atoms with Crippen molar-refractivity contribution >= 4 is 34.3 Å². The zero-order valence-electron chi connectivity index (χ0n) is 17.3. The third kappa shape index (κ3) is 3.70. The van der Waals surface area contributed by atoms with Gasteiger partial charge in [-0.15, -0.1) is 12.4 Å². The van der Waals surface area contributed by atoms with Crippen LogP contribution in [-0.2, 0) is 20.0 Å². The number of rotatable bonds is 5. The fourth-order valence-corrected chi connectivity index (χ4v) is 3.55. The molecule has 0 fully saturated rings. The van der Waals surface area contributed by atoms with Gasteiger partial charge in [-0.2, -0.15) is 0 Å². The van der Waals surface area contributed by atoms with Gasteiger partial charge in [-0.3, -0.25) is 18.9 Å². The molecule has 0 bridgehead atoms. The summed E-state index contributed by atoms with van der Waals surface area (Å²) >= 11 is 0. The maximum Gasteiger partial charge on any atom is 0.332 e. The van der Waals surface area contributed by atoms with Crippen molar-refractivity contribution < 1.29 is 4.74 Å². The zero-order valence-corrected chi connectivity index (χ0v) is 18.1. The minimum absolute atomic E-state index is 0. The maximum atomic E-state index is 12.6. The number of aromatic nitrogens is 5. The number of hydrogen-bond acceptors (Lipinski definition) is 5. The van der Waals surface area contributed by atoms with E-state index in [4.69, 9.17) is 4.74 Å². The van der Waals surface area contributed by atoms with Crippen molar-refractivity contribution in [1.29, 1.82) is 0 Å². The van der Waals surface area contributed by atoms with Crippen LogP contribution in [0.1, 0.15) is 25.2 Å². The molecule has 0 aliphatic heterocycles. The summed E-state index contributed by atoms with van der Waals surface area (Å²) in [5.74, 6) is 1.61. The average molecular weight is 430 g/mol. The van der Waals surface area contributed by atoms with Crippen molar-refractivity contribution in [3.8, 4) is 5.75 Å². The molecule has 9 heteroatoms. The monoisotopic (exact) mass is 429 g/mol. The van der Waals surface area contributed by atoms with E-state index in [-0.39, 0.29) is 29.6 Å². The highest BCUT2D eigenvalue weighted by atomic mass is 35.5. The molecule has 158 valence electrons. The highest BCUT2D eigenvalue weighted by molar-refractivity contribution is 5.86. The molecule has 30 heavy (non-hydrogen) atoms. The lowest BCUT2D eigenvalue weighted by molar-refractivity contribution is 0.415. The second-order valence-electron chi connectivity index (χ2n) is 7.60. The first-order chi connectivity index (χ1) is 13.9. The lowest BCUT2D eigenvalue weighted by atomic mass is 10.0. The number of halogens is 1. The molecule has 1 N–H and O–H groups in total. The van der Waals surface area contributed by atoms with E-state index in [0.717, 1.165) is 26.7 Å².